The van der Waals surface area contributed by atoms with Crippen molar-refractivity contribution in [1.29, 1.82) is 0 Å². The minimum atomic E-state index is -4.91. The van der Waals surface area contributed by atoms with E-state index in [1.807, 2.05) is 0 Å². The summed E-state index contributed by atoms with van der Waals surface area (Å²) >= 11 is 12.5. The second-order valence-electron chi connectivity index (χ2n) is 7.32. The van der Waals surface area contributed by atoms with Gasteiger partial charge < -0.3 is 14.3 Å². The van der Waals surface area contributed by atoms with E-state index in [1.54, 1.807) is 0 Å². The van der Waals surface area contributed by atoms with Gasteiger partial charge in [0.2, 0.25) is 0 Å². The molecule has 0 saturated carbocycles. The van der Waals surface area contributed by atoms with Crippen LogP contribution >= 0.6 is 34.5 Å². The number of carbonyl (C=O) groups excluding carboxylic acids is 1. The third kappa shape index (κ3) is 3.82. The molecule has 0 N–H and O–H groups in total. The summed E-state index contributed by atoms with van der Waals surface area (Å²) in [6.07, 6.45) is -3.63. The molecule has 2 aliphatic rings. The molecule has 1 aliphatic heterocycles. The average molecular weight is 512 g/mol. The molecule has 0 saturated heterocycles. The lowest BCUT2D eigenvalue weighted by atomic mass is 9.86. The molecule has 2 aromatic rings. The number of benzene rings is 1. The highest BCUT2D eigenvalue weighted by molar-refractivity contribution is 7.16. The van der Waals surface area contributed by atoms with E-state index in [9.17, 15) is 22.4 Å². The van der Waals surface area contributed by atoms with E-state index in [2.05, 4.69) is 9.89 Å². The monoisotopic (exact) mass is 511 g/mol. The maximum atomic E-state index is 14.3. The molecule has 0 spiro atoms. The molecule has 32 heavy (non-hydrogen) atoms. The SMILES string of the molecule is COC(=O)Oc1sc(C2=NOC(c3cc(Cl)c(F)c(Cl)c3)(C(F)(F)F)C2)c2c1CCCC2. The lowest BCUT2D eigenvalue weighted by molar-refractivity contribution is -0.275. The van der Waals surface area contributed by atoms with E-state index >= 15 is 0 Å². The summed E-state index contributed by atoms with van der Waals surface area (Å²) in [6.45, 7) is 0. The highest BCUT2D eigenvalue weighted by Crippen LogP contribution is 2.52. The normalized spacial score (nSPS) is 20.4. The summed E-state index contributed by atoms with van der Waals surface area (Å²) in [5.41, 5.74) is -1.78. The van der Waals surface area contributed by atoms with Crippen LogP contribution in [0.4, 0.5) is 22.4 Å². The molecule has 4 rings (SSSR count). The zero-order valence-electron chi connectivity index (χ0n) is 16.4. The fraction of sp³-hybridized carbons (Fsp3) is 0.400. The Labute approximate surface area is 193 Å². The van der Waals surface area contributed by atoms with Crippen LogP contribution < -0.4 is 4.74 Å². The van der Waals surface area contributed by atoms with Crippen molar-refractivity contribution in [2.45, 2.75) is 43.9 Å². The molecule has 1 aromatic heterocycles. The van der Waals surface area contributed by atoms with Crippen molar-refractivity contribution in [2.75, 3.05) is 7.11 Å². The number of fused-ring (bicyclic) bond motifs is 1. The molecule has 0 bridgehead atoms. The van der Waals surface area contributed by atoms with Crippen molar-refractivity contribution in [3.8, 4) is 5.06 Å². The van der Waals surface area contributed by atoms with Gasteiger partial charge in [-0.25, -0.2) is 9.18 Å². The van der Waals surface area contributed by atoms with Gasteiger partial charge in [0, 0.05) is 11.1 Å². The van der Waals surface area contributed by atoms with Crippen LogP contribution in [0.5, 0.6) is 5.06 Å². The van der Waals surface area contributed by atoms with Crippen molar-refractivity contribution in [2.24, 2.45) is 5.16 Å². The molecule has 2 heterocycles. The molecule has 1 aromatic carbocycles. The predicted molar refractivity (Wildman–Crippen MR) is 110 cm³/mol. The summed E-state index contributed by atoms with van der Waals surface area (Å²) in [7, 11) is 1.16. The summed E-state index contributed by atoms with van der Waals surface area (Å²) in [4.78, 5) is 17.1. The predicted octanol–water partition coefficient (Wildman–Crippen LogP) is 6.80. The van der Waals surface area contributed by atoms with Crippen molar-refractivity contribution in [1.82, 2.24) is 0 Å². The fourth-order valence-electron chi connectivity index (χ4n) is 3.84. The zero-order valence-corrected chi connectivity index (χ0v) is 18.8. The van der Waals surface area contributed by atoms with Crippen LogP contribution in [0.3, 0.4) is 0 Å². The summed E-state index contributed by atoms with van der Waals surface area (Å²) < 4.78 is 66.3. The third-order valence-electron chi connectivity index (χ3n) is 5.42. The van der Waals surface area contributed by atoms with Gasteiger partial charge in [0.1, 0.15) is 5.71 Å². The van der Waals surface area contributed by atoms with Gasteiger partial charge in [-0.1, -0.05) is 39.7 Å². The number of rotatable bonds is 3. The largest absolute Gasteiger partial charge is 0.514 e. The topological polar surface area (TPSA) is 57.1 Å². The van der Waals surface area contributed by atoms with Gasteiger partial charge in [0.15, 0.2) is 10.9 Å². The van der Waals surface area contributed by atoms with Crippen LogP contribution in [0, 0.1) is 5.82 Å². The Morgan fingerprint density at radius 1 is 1.19 bits per heavy atom. The highest BCUT2D eigenvalue weighted by atomic mass is 35.5. The quantitative estimate of drug-likeness (QED) is 0.258. The average Bonchev–Trinajstić information content (AvgIpc) is 3.34. The van der Waals surface area contributed by atoms with Gasteiger partial charge >= 0.3 is 12.3 Å². The number of hydrogen-bond acceptors (Lipinski definition) is 6. The molecule has 1 atom stereocenters. The Bertz CT molecular complexity index is 1090. The molecule has 172 valence electrons. The number of ether oxygens (including phenoxy) is 2. The first kappa shape index (κ1) is 23.1. The van der Waals surface area contributed by atoms with Crippen LogP contribution in [0.25, 0.3) is 0 Å². The van der Waals surface area contributed by atoms with E-state index < -0.39 is 45.8 Å². The maximum Gasteiger partial charge on any atom is 0.514 e. The molecular formula is C20H15Cl2F4NO4S. The van der Waals surface area contributed by atoms with Gasteiger partial charge in [-0.2, -0.15) is 13.2 Å². The van der Waals surface area contributed by atoms with E-state index in [-0.39, 0.29) is 10.8 Å². The number of halogens is 6. The molecular weight excluding hydrogens is 497 g/mol. The van der Waals surface area contributed by atoms with E-state index in [0.29, 0.717) is 17.7 Å². The van der Waals surface area contributed by atoms with Crippen LogP contribution in [-0.2, 0) is 28.0 Å². The number of nitrogens with zero attached hydrogens (tertiary/aromatic N) is 1. The van der Waals surface area contributed by atoms with Crippen LogP contribution in [-0.4, -0.2) is 25.2 Å². The second kappa shape index (κ2) is 8.39. The van der Waals surface area contributed by atoms with Crippen LogP contribution in [0.2, 0.25) is 10.0 Å². The first-order valence-corrected chi connectivity index (χ1v) is 11.0. The third-order valence-corrected chi connectivity index (χ3v) is 7.18. The Hall–Kier alpha value is -2.04. The van der Waals surface area contributed by atoms with Gasteiger partial charge in [-0.15, -0.1) is 0 Å². The van der Waals surface area contributed by atoms with Gasteiger partial charge in [-0.3, -0.25) is 0 Å². The molecule has 0 fully saturated rings. The Balaban J connectivity index is 1.76. The van der Waals surface area contributed by atoms with Crippen LogP contribution in [0.15, 0.2) is 17.3 Å². The molecule has 12 heteroatoms. The first-order chi connectivity index (χ1) is 15.1. The molecule has 1 aliphatic carbocycles. The van der Waals surface area contributed by atoms with E-state index in [1.165, 1.54) is 0 Å². The Kier molecular flexibility index (Phi) is 6.06. The molecule has 0 amide bonds. The smallest absolute Gasteiger partial charge is 0.437 e. The van der Waals surface area contributed by atoms with Crippen molar-refractivity contribution in [3.63, 3.8) is 0 Å². The number of alkyl halides is 3. The summed E-state index contributed by atoms with van der Waals surface area (Å²) in [5.74, 6) is -1.02. The highest BCUT2D eigenvalue weighted by Gasteiger charge is 2.63. The van der Waals surface area contributed by atoms with E-state index in [0.717, 1.165) is 54.5 Å². The summed E-state index contributed by atoms with van der Waals surface area (Å²) in [6, 6.07) is 1.68. The van der Waals surface area contributed by atoms with Crippen molar-refractivity contribution in [3.05, 3.63) is 49.6 Å². The van der Waals surface area contributed by atoms with Crippen molar-refractivity contribution >= 4 is 46.4 Å². The van der Waals surface area contributed by atoms with Gasteiger partial charge in [-0.05, 0) is 43.4 Å². The van der Waals surface area contributed by atoms with Gasteiger partial charge in [0.05, 0.1) is 28.5 Å². The van der Waals surface area contributed by atoms with Crippen LogP contribution in [0.1, 0.15) is 40.8 Å². The number of thiophene rings is 1. The molecule has 1 unspecified atom stereocenters. The standard InChI is InChI=1S/C20H15Cl2F4NO4S/c1-29-18(28)30-17-11-5-3-2-4-10(11)16(32-17)14-8-19(31-27-14,20(24,25)26)9-6-12(21)15(23)13(22)7-9/h6-7H,2-5,8H2,1H3. The van der Waals surface area contributed by atoms with E-state index in [4.69, 9.17) is 32.8 Å². The fourth-order valence-corrected chi connectivity index (χ4v) is 5.55. The number of carbonyl (C=O) groups is 1. The number of methoxy groups -OCH3 is 1. The Morgan fingerprint density at radius 2 is 1.81 bits per heavy atom. The lowest BCUT2D eigenvalue weighted by Crippen LogP contribution is -2.42. The summed E-state index contributed by atoms with van der Waals surface area (Å²) in [5, 5.41) is 2.91. The Morgan fingerprint density at radius 3 is 2.41 bits per heavy atom. The molecule has 5 nitrogen and oxygen atoms in total. The second-order valence-corrected chi connectivity index (χ2v) is 9.12. The number of oxime groups is 1. The zero-order chi connectivity index (χ0) is 23.3. The minimum absolute atomic E-state index is 0.0433. The van der Waals surface area contributed by atoms with Gasteiger partial charge in [0.25, 0.3) is 5.60 Å². The minimum Gasteiger partial charge on any atom is -0.437 e. The van der Waals surface area contributed by atoms with Crippen molar-refractivity contribution < 1.29 is 36.7 Å². The first-order valence-electron chi connectivity index (χ1n) is 9.45. The number of hydrogen-bond donors (Lipinski definition) is 0. The maximum absolute atomic E-state index is 14.3. The molecule has 0 radical (unpaired) electrons. The lowest BCUT2D eigenvalue weighted by Gasteiger charge is -2.29.